The van der Waals surface area contributed by atoms with Gasteiger partial charge in [-0.3, -0.25) is 0 Å². The number of benzene rings is 2. The lowest BCUT2D eigenvalue weighted by Crippen LogP contribution is -1.88. The van der Waals surface area contributed by atoms with E-state index in [1.807, 2.05) is 42.6 Å². The van der Waals surface area contributed by atoms with Crippen molar-refractivity contribution in [3.63, 3.8) is 0 Å². The second-order valence-electron chi connectivity index (χ2n) is 3.88. The van der Waals surface area contributed by atoms with Gasteiger partial charge in [0, 0.05) is 27.8 Å². The summed E-state index contributed by atoms with van der Waals surface area (Å²) in [5, 5.41) is 5.26. The van der Waals surface area contributed by atoms with Crippen LogP contribution in [0.2, 0.25) is 5.02 Å². The third-order valence-electron chi connectivity index (χ3n) is 2.69. The van der Waals surface area contributed by atoms with E-state index in [0.29, 0.717) is 0 Å². The molecule has 0 aliphatic heterocycles. The van der Waals surface area contributed by atoms with Crippen molar-refractivity contribution < 1.29 is 0 Å². The van der Waals surface area contributed by atoms with Gasteiger partial charge in [-0.25, -0.2) is 0 Å². The Morgan fingerprint density at radius 1 is 1.00 bits per heavy atom. The number of fused-ring (bicyclic) bond motifs is 1. The highest BCUT2D eigenvalue weighted by Crippen LogP contribution is 2.26. The lowest BCUT2D eigenvalue weighted by atomic mass is 10.2. The van der Waals surface area contributed by atoms with Crippen molar-refractivity contribution in [3.05, 3.63) is 59.8 Å². The number of anilines is 2. The zero-order valence-corrected chi connectivity index (χ0v) is 9.83. The predicted molar refractivity (Wildman–Crippen MR) is 73.0 cm³/mol. The number of H-pyrrole nitrogens is 1. The molecule has 0 unspecified atom stereocenters. The molecule has 2 nitrogen and oxygen atoms in total. The molecule has 0 atom stereocenters. The molecule has 17 heavy (non-hydrogen) atoms. The fraction of sp³-hybridized carbons (Fsp3) is 0. The molecule has 0 aliphatic rings. The van der Waals surface area contributed by atoms with Crippen molar-refractivity contribution >= 4 is 33.9 Å². The molecule has 3 rings (SSSR count). The molecule has 2 aromatic carbocycles. The standard InChI is InChI=1S/C14H11ClN2/c15-10-4-3-5-11(8-10)17-14-9-16-13-7-2-1-6-12(13)14/h1-9,16-17H. The highest BCUT2D eigenvalue weighted by molar-refractivity contribution is 6.30. The summed E-state index contributed by atoms with van der Waals surface area (Å²) in [5.74, 6) is 0. The lowest BCUT2D eigenvalue weighted by Gasteiger charge is -2.04. The Labute approximate surface area is 104 Å². The van der Waals surface area contributed by atoms with Gasteiger partial charge in [-0.05, 0) is 24.3 Å². The van der Waals surface area contributed by atoms with Crippen LogP contribution < -0.4 is 5.32 Å². The second-order valence-corrected chi connectivity index (χ2v) is 4.32. The maximum Gasteiger partial charge on any atom is 0.0641 e. The summed E-state index contributed by atoms with van der Waals surface area (Å²) >= 11 is 5.96. The molecule has 0 aliphatic carbocycles. The van der Waals surface area contributed by atoms with Gasteiger partial charge >= 0.3 is 0 Å². The van der Waals surface area contributed by atoms with Crippen LogP contribution in [0.4, 0.5) is 11.4 Å². The van der Waals surface area contributed by atoms with Crippen LogP contribution in [0.5, 0.6) is 0 Å². The van der Waals surface area contributed by atoms with Crippen molar-refractivity contribution in [2.24, 2.45) is 0 Å². The molecular weight excluding hydrogens is 232 g/mol. The summed E-state index contributed by atoms with van der Waals surface area (Å²) in [4.78, 5) is 3.23. The maximum atomic E-state index is 5.96. The number of hydrogen-bond donors (Lipinski definition) is 2. The van der Waals surface area contributed by atoms with E-state index in [1.54, 1.807) is 0 Å². The van der Waals surface area contributed by atoms with Gasteiger partial charge in [0.25, 0.3) is 0 Å². The van der Waals surface area contributed by atoms with Gasteiger partial charge in [-0.15, -0.1) is 0 Å². The molecule has 0 spiro atoms. The van der Waals surface area contributed by atoms with Crippen LogP contribution in [-0.2, 0) is 0 Å². The molecule has 3 aromatic rings. The molecule has 3 heteroatoms. The largest absolute Gasteiger partial charge is 0.359 e. The average Bonchev–Trinajstić information content (AvgIpc) is 2.73. The number of nitrogens with one attached hydrogen (secondary N) is 2. The third-order valence-corrected chi connectivity index (χ3v) is 2.93. The minimum absolute atomic E-state index is 0.731. The van der Waals surface area contributed by atoms with Crippen LogP contribution in [0, 0.1) is 0 Å². The zero-order valence-electron chi connectivity index (χ0n) is 9.07. The first-order valence-corrected chi connectivity index (χ1v) is 5.79. The Kier molecular flexibility index (Phi) is 2.50. The van der Waals surface area contributed by atoms with E-state index < -0.39 is 0 Å². The van der Waals surface area contributed by atoms with Crippen LogP contribution >= 0.6 is 11.6 Å². The van der Waals surface area contributed by atoms with Crippen LogP contribution in [0.3, 0.4) is 0 Å². The summed E-state index contributed by atoms with van der Waals surface area (Å²) in [7, 11) is 0. The summed E-state index contributed by atoms with van der Waals surface area (Å²) in [6.07, 6.45) is 1.96. The van der Waals surface area contributed by atoms with E-state index in [4.69, 9.17) is 11.6 Å². The molecule has 0 amide bonds. The van der Waals surface area contributed by atoms with Crippen molar-refractivity contribution in [2.45, 2.75) is 0 Å². The van der Waals surface area contributed by atoms with Crippen molar-refractivity contribution in [2.75, 3.05) is 5.32 Å². The first-order chi connectivity index (χ1) is 8.33. The topological polar surface area (TPSA) is 27.8 Å². The molecule has 0 radical (unpaired) electrons. The van der Waals surface area contributed by atoms with E-state index >= 15 is 0 Å². The first-order valence-electron chi connectivity index (χ1n) is 5.42. The molecule has 0 bridgehead atoms. The quantitative estimate of drug-likeness (QED) is 0.677. The average molecular weight is 243 g/mol. The normalized spacial score (nSPS) is 10.6. The van der Waals surface area contributed by atoms with Gasteiger partial charge < -0.3 is 10.3 Å². The number of aromatic amines is 1. The van der Waals surface area contributed by atoms with Crippen molar-refractivity contribution in [1.29, 1.82) is 0 Å². The van der Waals surface area contributed by atoms with E-state index in [0.717, 1.165) is 21.9 Å². The maximum absolute atomic E-state index is 5.96. The molecule has 0 saturated heterocycles. The van der Waals surface area contributed by atoms with E-state index in [-0.39, 0.29) is 0 Å². The highest BCUT2D eigenvalue weighted by atomic mass is 35.5. The second kappa shape index (κ2) is 4.15. The number of hydrogen-bond acceptors (Lipinski definition) is 1. The number of halogens is 1. The molecule has 84 valence electrons. The van der Waals surface area contributed by atoms with Crippen molar-refractivity contribution in [3.8, 4) is 0 Å². The van der Waals surface area contributed by atoms with E-state index in [9.17, 15) is 0 Å². The summed E-state index contributed by atoms with van der Waals surface area (Å²) < 4.78 is 0. The van der Waals surface area contributed by atoms with Crippen molar-refractivity contribution in [1.82, 2.24) is 4.98 Å². The smallest absolute Gasteiger partial charge is 0.0641 e. The minimum Gasteiger partial charge on any atom is -0.359 e. The van der Waals surface area contributed by atoms with Crippen LogP contribution in [-0.4, -0.2) is 4.98 Å². The Bertz CT molecular complexity index is 658. The van der Waals surface area contributed by atoms with Crippen LogP contribution in [0.25, 0.3) is 10.9 Å². The summed E-state index contributed by atoms with van der Waals surface area (Å²) in [6, 6.07) is 15.9. The van der Waals surface area contributed by atoms with Gasteiger partial charge in [0.2, 0.25) is 0 Å². The van der Waals surface area contributed by atoms with E-state index in [1.165, 1.54) is 5.39 Å². The molecule has 2 N–H and O–H groups in total. The Morgan fingerprint density at radius 2 is 1.88 bits per heavy atom. The summed E-state index contributed by atoms with van der Waals surface area (Å²) in [5.41, 5.74) is 3.17. The Balaban J connectivity index is 2.00. The number of aromatic nitrogens is 1. The summed E-state index contributed by atoms with van der Waals surface area (Å²) in [6.45, 7) is 0. The van der Waals surface area contributed by atoms with Gasteiger partial charge in [-0.1, -0.05) is 35.9 Å². The minimum atomic E-state index is 0.731. The lowest BCUT2D eigenvalue weighted by molar-refractivity contribution is 1.46. The highest BCUT2D eigenvalue weighted by Gasteiger charge is 2.02. The van der Waals surface area contributed by atoms with Gasteiger partial charge in [-0.2, -0.15) is 0 Å². The van der Waals surface area contributed by atoms with Crippen LogP contribution in [0.15, 0.2) is 54.7 Å². The SMILES string of the molecule is Clc1cccc(Nc2c[nH]c3ccccc23)c1. The fourth-order valence-electron chi connectivity index (χ4n) is 1.90. The Hall–Kier alpha value is -1.93. The zero-order chi connectivity index (χ0) is 11.7. The van der Waals surface area contributed by atoms with Gasteiger partial charge in [0.15, 0.2) is 0 Å². The van der Waals surface area contributed by atoms with Crippen LogP contribution in [0.1, 0.15) is 0 Å². The molecule has 0 saturated carbocycles. The van der Waals surface area contributed by atoms with Gasteiger partial charge in [0.1, 0.15) is 0 Å². The predicted octanol–water partition coefficient (Wildman–Crippen LogP) is 4.56. The molecule has 1 heterocycles. The molecule has 1 aromatic heterocycles. The van der Waals surface area contributed by atoms with E-state index in [2.05, 4.69) is 22.4 Å². The fourth-order valence-corrected chi connectivity index (χ4v) is 2.09. The molecule has 0 fully saturated rings. The van der Waals surface area contributed by atoms with Gasteiger partial charge in [0.05, 0.1) is 5.69 Å². The molecular formula is C14H11ClN2. The number of rotatable bonds is 2. The Morgan fingerprint density at radius 3 is 2.76 bits per heavy atom. The third kappa shape index (κ3) is 1.99. The number of para-hydroxylation sites is 1. The first kappa shape index (κ1) is 10.2. The monoisotopic (exact) mass is 242 g/mol.